The number of hydrogen-bond donors (Lipinski definition) is 4. The Hall–Kier alpha value is -3.03. The topological polar surface area (TPSA) is 115 Å². The molecule has 1 aliphatic rings. The zero-order chi connectivity index (χ0) is 19.2. The number of hydrogen-bond acceptors (Lipinski definition) is 3. The van der Waals surface area contributed by atoms with Gasteiger partial charge in [0, 0.05) is 36.6 Å². The molecule has 1 saturated heterocycles. The minimum Gasteiger partial charge on any atom is -0.480 e. The summed E-state index contributed by atoms with van der Waals surface area (Å²) in [5, 5.41) is 15.3. The van der Waals surface area contributed by atoms with Crippen molar-refractivity contribution < 1.29 is 19.5 Å². The summed E-state index contributed by atoms with van der Waals surface area (Å²) in [4.78, 5) is 40.5. The molecule has 3 amide bonds. The number of amides is 3. The predicted octanol–water partition coefficient (Wildman–Crippen LogP) is 1.48. The van der Waals surface area contributed by atoms with Crippen LogP contribution in [0.5, 0.6) is 0 Å². The number of aliphatic carboxylic acids is 1. The van der Waals surface area contributed by atoms with Crippen LogP contribution in [0.4, 0.5) is 4.79 Å². The molecule has 1 aromatic carbocycles. The summed E-state index contributed by atoms with van der Waals surface area (Å²) in [5.74, 6) is -1.27. The van der Waals surface area contributed by atoms with Crippen molar-refractivity contribution in [1.29, 1.82) is 0 Å². The number of para-hydroxylation sites is 1. The molecule has 2 aromatic rings. The molecule has 27 heavy (non-hydrogen) atoms. The largest absolute Gasteiger partial charge is 0.480 e. The van der Waals surface area contributed by atoms with Gasteiger partial charge in [-0.2, -0.15) is 0 Å². The molecule has 4 N–H and O–H groups in total. The predicted molar refractivity (Wildman–Crippen MR) is 100 cm³/mol. The first kappa shape index (κ1) is 18.8. The zero-order valence-corrected chi connectivity index (χ0v) is 15.0. The third-order valence-corrected chi connectivity index (χ3v) is 4.81. The molecule has 0 saturated carbocycles. The lowest BCUT2D eigenvalue weighted by Gasteiger charge is -2.26. The van der Waals surface area contributed by atoms with E-state index in [0.717, 1.165) is 35.7 Å². The summed E-state index contributed by atoms with van der Waals surface area (Å²) in [5.41, 5.74) is 1.72. The number of aromatic nitrogens is 1. The molecule has 0 radical (unpaired) electrons. The minimum absolute atomic E-state index is 0.134. The lowest BCUT2D eigenvalue weighted by Crippen LogP contribution is -2.50. The van der Waals surface area contributed by atoms with Crippen molar-refractivity contribution in [3.63, 3.8) is 0 Å². The van der Waals surface area contributed by atoms with Crippen LogP contribution in [0.25, 0.3) is 10.9 Å². The molecule has 0 unspecified atom stereocenters. The number of carbonyl (C=O) groups is 3. The van der Waals surface area contributed by atoms with Gasteiger partial charge in [-0.25, -0.2) is 9.59 Å². The molecule has 0 bridgehead atoms. The van der Waals surface area contributed by atoms with Crippen LogP contribution in [0.1, 0.15) is 24.8 Å². The summed E-state index contributed by atoms with van der Waals surface area (Å²) in [7, 11) is 0. The molecule has 0 spiro atoms. The van der Waals surface area contributed by atoms with Crippen LogP contribution in [0.15, 0.2) is 30.5 Å². The first-order valence-corrected chi connectivity index (χ1v) is 9.14. The van der Waals surface area contributed by atoms with Gasteiger partial charge < -0.3 is 25.6 Å². The fourth-order valence-corrected chi connectivity index (χ4v) is 3.34. The average Bonchev–Trinajstić information content (AvgIpc) is 3.09. The highest BCUT2D eigenvalue weighted by Crippen LogP contribution is 2.19. The second-order valence-corrected chi connectivity index (χ2v) is 6.72. The maximum Gasteiger partial charge on any atom is 0.326 e. The second kappa shape index (κ2) is 8.57. The normalized spacial score (nSPS) is 15.3. The highest BCUT2D eigenvalue weighted by atomic mass is 16.4. The molecular formula is C19H24N4O4. The van der Waals surface area contributed by atoms with Crippen LogP contribution < -0.4 is 10.6 Å². The Labute approximate surface area is 156 Å². The van der Waals surface area contributed by atoms with Crippen LogP contribution in [-0.4, -0.2) is 58.6 Å². The van der Waals surface area contributed by atoms with Crippen molar-refractivity contribution in [3.05, 3.63) is 36.0 Å². The lowest BCUT2D eigenvalue weighted by atomic mass is 10.1. The molecule has 1 fully saturated rings. The minimum atomic E-state index is -1.13. The van der Waals surface area contributed by atoms with Crippen LogP contribution >= 0.6 is 0 Å². The summed E-state index contributed by atoms with van der Waals surface area (Å²) < 4.78 is 0. The monoisotopic (exact) mass is 372 g/mol. The van der Waals surface area contributed by atoms with E-state index >= 15 is 0 Å². The van der Waals surface area contributed by atoms with Gasteiger partial charge in [-0.05, 0) is 30.9 Å². The molecule has 8 nitrogen and oxygen atoms in total. The fraction of sp³-hybridized carbons (Fsp3) is 0.421. The molecular weight excluding hydrogens is 348 g/mol. The van der Waals surface area contributed by atoms with Gasteiger partial charge in [0.2, 0.25) is 5.91 Å². The first-order valence-electron chi connectivity index (χ1n) is 9.14. The molecule has 3 rings (SSSR count). The highest BCUT2D eigenvalue weighted by molar-refractivity contribution is 5.88. The summed E-state index contributed by atoms with van der Waals surface area (Å²) >= 11 is 0. The van der Waals surface area contributed by atoms with Crippen LogP contribution in [0.2, 0.25) is 0 Å². The molecule has 144 valence electrons. The van der Waals surface area contributed by atoms with Gasteiger partial charge in [-0.3, -0.25) is 4.79 Å². The van der Waals surface area contributed by atoms with E-state index in [4.69, 9.17) is 0 Å². The van der Waals surface area contributed by atoms with Crippen molar-refractivity contribution in [2.75, 3.05) is 19.6 Å². The van der Waals surface area contributed by atoms with Gasteiger partial charge in [-0.1, -0.05) is 18.2 Å². The van der Waals surface area contributed by atoms with Gasteiger partial charge in [0.05, 0.1) is 6.54 Å². The van der Waals surface area contributed by atoms with Gasteiger partial charge in [-0.15, -0.1) is 0 Å². The van der Waals surface area contributed by atoms with Gasteiger partial charge in [0.1, 0.15) is 6.04 Å². The average molecular weight is 372 g/mol. The smallest absolute Gasteiger partial charge is 0.326 e. The molecule has 8 heteroatoms. The standard InChI is InChI=1S/C19H24N4O4/c24-17(23-8-4-1-5-9-23)12-21-19(27)22-16(18(25)26)10-13-11-20-15-7-3-2-6-14(13)15/h2-3,6-7,11,16,20H,1,4-5,8-10,12H2,(H,25,26)(H2,21,22,27)/t16-/m1/s1. The number of carboxylic acids is 1. The quantitative estimate of drug-likeness (QED) is 0.615. The van der Waals surface area contributed by atoms with E-state index in [1.165, 1.54) is 0 Å². The molecule has 2 heterocycles. The van der Waals surface area contributed by atoms with Gasteiger partial charge in [0.25, 0.3) is 0 Å². The van der Waals surface area contributed by atoms with Crippen molar-refractivity contribution in [2.45, 2.75) is 31.7 Å². The number of rotatable bonds is 6. The Balaban J connectivity index is 1.55. The number of H-pyrrole nitrogens is 1. The number of fused-ring (bicyclic) bond motifs is 1. The molecule has 1 atom stereocenters. The van der Waals surface area contributed by atoms with Crippen molar-refractivity contribution in [3.8, 4) is 0 Å². The molecule has 0 aliphatic carbocycles. The van der Waals surface area contributed by atoms with Crippen molar-refractivity contribution in [1.82, 2.24) is 20.5 Å². The first-order chi connectivity index (χ1) is 13.0. The lowest BCUT2D eigenvalue weighted by molar-refractivity contribution is -0.139. The van der Waals surface area contributed by atoms with E-state index in [0.29, 0.717) is 13.1 Å². The van der Waals surface area contributed by atoms with Crippen LogP contribution in [0.3, 0.4) is 0 Å². The van der Waals surface area contributed by atoms with Crippen molar-refractivity contribution in [2.24, 2.45) is 0 Å². The number of carboxylic acid groups (broad SMARTS) is 1. The van der Waals surface area contributed by atoms with E-state index < -0.39 is 18.0 Å². The number of carbonyl (C=O) groups excluding carboxylic acids is 2. The second-order valence-electron chi connectivity index (χ2n) is 6.72. The zero-order valence-electron chi connectivity index (χ0n) is 15.0. The summed E-state index contributed by atoms with van der Waals surface area (Å²) in [6, 6.07) is 5.82. The number of piperidine rings is 1. The van der Waals surface area contributed by atoms with Gasteiger partial charge in [0.15, 0.2) is 0 Å². The Morgan fingerprint density at radius 1 is 1.15 bits per heavy atom. The van der Waals surface area contributed by atoms with Gasteiger partial charge >= 0.3 is 12.0 Å². The molecule has 1 aromatic heterocycles. The van der Waals surface area contributed by atoms with E-state index in [1.54, 1.807) is 11.1 Å². The van der Waals surface area contributed by atoms with Crippen molar-refractivity contribution >= 4 is 28.8 Å². The van der Waals surface area contributed by atoms with Crippen LogP contribution in [-0.2, 0) is 16.0 Å². The summed E-state index contributed by atoms with van der Waals surface area (Å²) in [6.07, 6.45) is 4.96. The number of urea groups is 1. The maximum absolute atomic E-state index is 12.1. The number of likely N-dealkylation sites (tertiary alicyclic amines) is 1. The van der Waals surface area contributed by atoms with E-state index in [2.05, 4.69) is 15.6 Å². The Kier molecular flexibility index (Phi) is 5.95. The number of nitrogens with zero attached hydrogens (tertiary/aromatic N) is 1. The maximum atomic E-state index is 12.1. The SMILES string of the molecule is O=C(NCC(=O)N1CCCCC1)N[C@H](Cc1c[nH]c2ccccc12)C(=O)O. The van der Waals surface area contributed by atoms with E-state index in [-0.39, 0.29) is 18.9 Å². The number of benzene rings is 1. The van der Waals surface area contributed by atoms with Crippen LogP contribution in [0, 0.1) is 0 Å². The Bertz CT molecular complexity index is 826. The fourth-order valence-electron chi connectivity index (χ4n) is 3.34. The third-order valence-electron chi connectivity index (χ3n) is 4.81. The van der Waals surface area contributed by atoms with E-state index in [1.807, 2.05) is 24.3 Å². The number of nitrogens with one attached hydrogen (secondary N) is 3. The third kappa shape index (κ3) is 4.78. The highest BCUT2D eigenvalue weighted by Gasteiger charge is 2.23. The van der Waals surface area contributed by atoms with E-state index in [9.17, 15) is 19.5 Å². The summed E-state index contributed by atoms with van der Waals surface area (Å²) in [6.45, 7) is 1.28. The Morgan fingerprint density at radius 3 is 2.63 bits per heavy atom. The molecule has 1 aliphatic heterocycles. The number of aromatic amines is 1. The Morgan fingerprint density at radius 2 is 1.89 bits per heavy atom.